The van der Waals surface area contributed by atoms with Crippen LogP contribution in [-0.2, 0) is 17.8 Å². The molecule has 0 aliphatic carbocycles. The molecule has 1 aromatic heterocycles. The molecule has 7 nitrogen and oxygen atoms in total. The van der Waals surface area contributed by atoms with E-state index < -0.39 is 0 Å². The molecule has 0 aliphatic rings. The van der Waals surface area contributed by atoms with Gasteiger partial charge in [0.1, 0.15) is 23.6 Å². The lowest BCUT2D eigenvalue weighted by molar-refractivity contribution is -0.119. The summed E-state index contributed by atoms with van der Waals surface area (Å²) in [4.78, 5) is 28.7. The summed E-state index contributed by atoms with van der Waals surface area (Å²) < 4.78 is 5.61. The number of ketones is 1. The number of Topliss-reactive ketones (excluding diaryl/α,β-unsaturated/α-hetero) is 1. The van der Waals surface area contributed by atoms with Crippen LogP contribution in [0.1, 0.15) is 42.3 Å². The van der Waals surface area contributed by atoms with Crippen molar-refractivity contribution < 1.29 is 19.4 Å². The lowest BCUT2D eigenvalue weighted by Crippen LogP contribution is -2.18. The van der Waals surface area contributed by atoms with Gasteiger partial charge in [-0.25, -0.2) is 9.97 Å². The van der Waals surface area contributed by atoms with Gasteiger partial charge in [-0.1, -0.05) is 61.0 Å². The zero-order valence-corrected chi connectivity index (χ0v) is 21.8. The number of rotatable bonds is 6. The summed E-state index contributed by atoms with van der Waals surface area (Å²) in [6.07, 6.45) is 5.53. The number of phenols is 1. The number of phenolic OH excluding ortho intramolecular Hbond substituents is 1. The number of nitrogens with one attached hydrogen (secondary N) is 1. The Morgan fingerprint density at radius 2 is 1.57 bits per heavy atom. The first kappa shape index (κ1) is 29.0. The minimum Gasteiger partial charge on any atom is -0.508 e. The number of carbonyl (C=O) groups is 2. The van der Waals surface area contributed by atoms with Gasteiger partial charge in [0.15, 0.2) is 5.78 Å². The Bertz CT molecular complexity index is 1250. The van der Waals surface area contributed by atoms with E-state index in [0.29, 0.717) is 28.6 Å². The molecule has 0 unspecified atom stereocenters. The van der Waals surface area contributed by atoms with Crippen LogP contribution in [0, 0.1) is 0 Å². The van der Waals surface area contributed by atoms with E-state index in [4.69, 9.17) is 16.3 Å². The summed E-state index contributed by atoms with van der Waals surface area (Å²) in [6, 6.07) is 22.3. The lowest BCUT2D eigenvalue weighted by Gasteiger charge is -2.09. The molecule has 1 amide bonds. The molecule has 192 valence electrons. The normalized spacial score (nSPS) is 9.62. The lowest BCUT2D eigenvalue weighted by atomic mass is 10.2. The summed E-state index contributed by atoms with van der Waals surface area (Å²) >= 11 is 5.96. The number of nitrogens with zero attached hydrogens (tertiary/aromatic N) is 2. The van der Waals surface area contributed by atoms with E-state index in [0.717, 1.165) is 12.0 Å². The van der Waals surface area contributed by atoms with Crippen LogP contribution in [0.15, 0.2) is 91.5 Å². The Hall–Kier alpha value is -4.23. The number of hydrogen-bond donors (Lipinski definition) is 2. The van der Waals surface area contributed by atoms with Crippen molar-refractivity contribution in [2.75, 3.05) is 0 Å². The molecule has 4 rings (SSSR count). The van der Waals surface area contributed by atoms with Crippen molar-refractivity contribution in [2.45, 2.75) is 33.7 Å². The Morgan fingerprint density at radius 3 is 2.05 bits per heavy atom. The van der Waals surface area contributed by atoms with Crippen molar-refractivity contribution in [1.29, 1.82) is 0 Å². The van der Waals surface area contributed by atoms with Crippen LogP contribution in [-0.4, -0.2) is 26.8 Å². The maximum Gasteiger partial charge on any atom is 0.217 e. The highest BCUT2D eigenvalue weighted by Gasteiger charge is 2.04. The van der Waals surface area contributed by atoms with Crippen LogP contribution in [0.25, 0.3) is 0 Å². The Morgan fingerprint density at radius 1 is 0.919 bits per heavy atom. The average Bonchev–Trinajstić information content (AvgIpc) is 2.91. The monoisotopic (exact) mass is 519 g/mol. The highest BCUT2D eigenvalue weighted by atomic mass is 35.5. The second-order valence-electron chi connectivity index (χ2n) is 7.79. The van der Waals surface area contributed by atoms with E-state index in [9.17, 15) is 14.7 Å². The standard InChI is InChI=1S/C15H14ClNO3.C8H10.C6H6N2O/c1-10(18)17-9-11-2-5-13(6-3-11)20-15-7-4-12(19)8-14(15)16;1-2-8-6-4-3-5-7-8;1-5(9)6-2-7-4-8-3-6/h2-8,19H,9H2,1H3,(H,17,18);3-7H,2H2,1H3;2-4H,1H3. The highest BCUT2D eigenvalue weighted by Crippen LogP contribution is 2.32. The smallest absolute Gasteiger partial charge is 0.217 e. The largest absolute Gasteiger partial charge is 0.508 e. The van der Waals surface area contributed by atoms with E-state index >= 15 is 0 Å². The second kappa shape index (κ2) is 15.7. The van der Waals surface area contributed by atoms with Gasteiger partial charge in [-0.15, -0.1) is 0 Å². The van der Waals surface area contributed by atoms with Gasteiger partial charge in [0, 0.05) is 31.9 Å². The van der Waals surface area contributed by atoms with Gasteiger partial charge in [0.25, 0.3) is 0 Å². The topological polar surface area (TPSA) is 101 Å². The molecule has 0 saturated heterocycles. The molecule has 0 saturated carbocycles. The van der Waals surface area contributed by atoms with Gasteiger partial charge in [-0.2, -0.15) is 0 Å². The van der Waals surface area contributed by atoms with Crippen LogP contribution in [0.4, 0.5) is 0 Å². The molecular formula is C29H30ClN3O4. The predicted molar refractivity (Wildman–Crippen MR) is 145 cm³/mol. The number of carbonyl (C=O) groups excluding carboxylic acids is 2. The summed E-state index contributed by atoms with van der Waals surface area (Å²) in [7, 11) is 0. The van der Waals surface area contributed by atoms with Crippen LogP contribution < -0.4 is 10.1 Å². The molecule has 37 heavy (non-hydrogen) atoms. The third-order valence-electron chi connectivity index (χ3n) is 4.83. The Balaban J connectivity index is 0.000000232. The van der Waals surface area contributed by atoms with Crippen molar-refractivity contribution in [3.63, 3.8) is 0 Å². The molecule has 0 atom stereocenters. The van der Waals surface area contributed by atoms with Gasteiger partial charge in [0.05, 0.1) is 10.6 Å². The third kappa shape index (κ3) is 11.4. The highest BCUT2D eigenvalue weighted by molar-refractivity contribution is 6.32. The minimum atomic E-state index is -0.0683. The summed E-state index contributed by atoms with van der Waals surface area (Å²) in [6.45, 7) is 5.61. The molecule has 0 spiro atoms. The van der Waals surface area contributed by atoms with Crippen LogP contribution >= 0.6 is 11.6 Å². The van der Waals surface area contributed by atoms with E-state index in [2.05, 4.69) is 46.5 Å². The Labute approximate surface area is 222 Å². The van der Waals surface area contributed by atoms with Gasteiger partial charge in [-0.3, -0.25) is 9.59 Å². The second-order valence-corrected chi connectivity index (χ2v) is 8.20. The first-order valence-corrected chi connectivity index (χ1v) is 12.0. The third-order valence-corrected chi connectivity index (χ3v) is 5.12. The Kier molecular flexibility index (Phi) is 12.3. The molecule has 2 N–H and O–H groups in total. The number of amides is 1. The van der Waals surface area contributed by atoms with Crippen molar-refractivity contribution >= 4 is 23.3 Å². The molecule has 0 bridgehead atoms. The summed E-state index contributed by atoms with van der Waals surface area (Å²) in [5.41, 5.74) is 2.94. The molecule has 8 heteroatoms. The van der Waals surface area contributed by atoms with Crippen molar-refractivity contribution in [3.05, 3.63) is 113 Å². The fourth-order valence-electron chi connectivity index (χ4n) is 2.80. The number of aromatic hydroxyl groups is 1. The van der Waals surface area contributed by atoms with Crippen LogP contribution in [0.3, 0.4) is 0 Å². The summed E-state index contributed by atoms with van der Waals surface area (Å²) in [5, 5.41) is 12.3. The van der Waals surface area contributed by atoms with Crippen molar-refractivity contribution in [2.24, 2.45) is 0 Å². The van der Waals surface area contributed by atoms with Crippen LogP contribution in [0.2, 0.25) is 5.02 Å². The van der Waals surface area contributed by atoms with Gasteiger partial charge in [-0.05, 0) is 48.7 Å². The molecule has 4 aromatic rings. The predicted octanol–water partition coefficient (Wildman–Crippen LogP) is 6.40. The molecule has 0 aliphatic heterocycles. The number of aromatic nitrogens is 2. The van der Waals surface area contributed by atoms with E-state index in [-0.39, 0.29) is 17.4 Å². The molecule has 0 radical (unpaired) electrons. The zero-order valence-electron chi connectivity index (χ0n) is 21.0. The molecular weight excluding hydrogens is 490 g/mol. The van der Waals surface area contributed by atoms with Crippen molar-refractivity contribution in [1.82, 2.24) is 15.3 Å². The van der Waals surface area contributed by atoms with Gasteiger partial charge < -0.3 is 15.2 Å². The maximum absolute atomic E-state index is 10.8. The molecule has 1 heterocycles. The first-order chi connectivity index (χ1) is 17.8. The quantitative estimate of drug-likeness (QED) is 0.286. The fourth-order valence-corrected chi connectivity index (χ4v) is 3.01. The SMILES string of the molecule is CC(=O)NCc1ccc(Oc2ccc(O)cc2Cl)cc1.CC(=O)c1cncnc1.CCc1ccccc1. The molecule has 3 aromatic carbocycles. The average molecular weight is 520 g/mol. The fraction of sp³-hybridized carbons (Fsp3) is 0.172. The number of halogens is 1. The zero-order chi connectivity index (χ0) is 27.0. The number of ether oxygens (including phenoxy) is 1. The van der Waals surface area contributed by atoms with Crippen LogP contribution in [0.5, 0.6) is 17.2 Å². The molecule has 0 fully saturated rings. The van der Waals surface area contributed by atoms with Gasteiger partial charge >= 0.3 is 0 Å². The van der Waals surface area contributed by atoms with Gasteiger partial charge in [0.2, 0.25) is 5.91 Å². The first-order valence-electron chi connectivity index (χ1n) is 11.6. The minimum absolute atomic E-state index is 0.00407. The van der Waals surface area contributed by atoms with Crippen molar-refractivity contribution in [3.8, 4) is 17.2 Å². The van der Waals surface area contributed by atoms with E-state index in [1.165, 1.54) is 50.3 Å². The van der Waals surface area contributed by atoms with E-state index in [1.807, 2.05) is 18.2 Å². The summed E-state index contributed by atoms with van der Waals surface area (Å²) in [5.74, 6) is 1.12. The number of hydrogen-bond acceptors (Lipinski definition) is 6. The van der Waals surface area contributed by atoms with E-state index in [1.54, 1.807) is 18.2 Å². The number of benzene rings is 3. The maximum atomic E-state index is 10.8. The number of aryl methyl sites for hydroxylation is 1.